The van der Waals surface area contributed by atoms with E-state index in [0.717, 1.165) is 0 Å². The average molecular weight is 279 g/mol. The molecule has 0 saturated heterocycles. The fraction of sp³-hybridized carbons (Fsp3) is 0.364. The quantitative estimate of drug-likeness (QED) is 0.918. The lowest BCUT2D eigenvalue weighted by Crippen LogP contribution is -2.24. The van der Waals surface area contributed by atoms with Crippen LogP contribution < -0.4 is 5.32 Å². The van der Waals surface area contributed by atoms with Gasteiger partial charge in [0.05, 0.1) is 15.7 Å². The fourth-order valence-electron chi connectivity index (χ4n) is 1.23. The van der Waals surface area contributed by atoms with E-state index < -0.39 is 5.82 Å². The minimum absolute atomic E-state index is 0.00754. The first kappa shape index (κ1) is 14.1. The molecule has 1 amide bonds. The van der Waals surface area contributed by atoms with Gasteiger partial charge in [-0.25, -0.2) is 4.39 Å². The highest BCUT2D eigenvalue weighted by Crippen LogP contribution is 2.31. The molecule has 0 aromatic heterocycles. The van der Waals surface area contributed by atoms with Gasteiger partial charge in [-0.2, -0.15) is 0 Å². The number of carbonyl (C=O) groups is 1. The Bertz CT molecular complexity index is 401. The SMILES string of the molecule is CN(C)C(=O)CCNc1c(Cl)cc(F)cc1Cl. The summed E-state index contributed by atoms with van der Waals surface area (Å²) in [5.74, 6) is -0.498. The number of anilines is 1. The molecule has 0 aliphatic heterocycles. The number of nitrogens with zero attached hydrogens (tertiary/aromatic N) is 1. The van der Waals surface area contributed by atoms with Gasteiger partial charge in [0.2, 0.25) is 5.91 Å². The van der Waals surface area contributed by atoms with Gasteiger partial charge >= 0.3 is 0 Å². The molecule has 0 atom stereocenters. The number of halogens is 3. The third kappa shape index (κ3) is 4.06. The molecule has 0 radical (unpaired) electrons. The average Bonchev–Trinajstić information content (AvgIpc) is 2.21. The second-order valence-electron chi connectivity index (χ2n) is 3.71. The second-order valence-corrected chi connectivity index (χ2v) is 4.52. The van der Waals surface area contributed by atoms with Crippen molar-refractivity contribution in [2.24, 2.45) is 0 Å². The summed E-state index contributed by atoms with van der Waals surface area (Å²) in [6, 6.07) is 2.34. The van der Waals surface area contributed by atoms with E-state index in [1.54, 1.807) is 14.1 Å². The van der Waals surface area contributed by atoms with Gasteiger partial charge in [0, 0.05) is 27.1 Å². The standard InChI is InChI=1S/C11H13Cl2FN2O/c1-16(2)10(17)3-4-15-11-8(12)5-7(14)6-9(11)13/h5-6,15H,3-4H2,1-2H3. The number of rotatable bonds is 4. The molecule has 1 aromatic rings. The zero-order valence-corrected chi connectivity index (χ0v) is 11.1. The summed E-state index contributed by atoms with van der Waals surface area (Å²) >= 11 is 11.7. The van der Waals surface area contributed by atoms with Crippen LogP contribution in [0.3, 0.4) is 0 Å². The predicted molar refractivity (Wildman–Crippen MR) is 68.2 cm³/mol. The molecule has 0 aliphatic carbocycles. The molecule has 94 valence electrons. The van der Waals surface area contributed by atoms with Crippen molar-refractivity contribution in [3.8, 4) is 0 Å². The van der Waals surface area contributed by atoms with Crippen LogP contribution in [0.15, 0.2) is 12.1 Å². The lowest BCUT2D eigenvalue weighted by molar-refractivity contribution is -0.128. The molecule has 0 fully saturated rings. The van der Waals surface area contributed by atoms with E-state index in [1.165, 1.54) is 17.0 Å². The molecule has 6 heteroatoms. The number of amides is 1. The van der Waals surface area contributed by atoms with E-state index in [9.17, 15) is 9.18 Å². The summed E-state index contributed by atoms with van der Waals surface area (Å²) in [5.41, 5.74) is 0.446. The van der Waals surface area contributed by atoms with E-state index >= 15 is 0 Å². The minimum Gasteiger partial charge on any atom is -0.382 e. The van der Waals surface area contributed by atoms with E-state index in [-0.39, 0.29) is 16.0 Å². The lowest BCUT2D eigenvalue weighted by Gasteiger charge is -2.13. The zero-order valence-electron chi connectivity index (χ0n) is 9.56. The Hall–Kier alpha value is -1.00. The molecule has 0 saturated carbocycles. The number of benzene rings is 1. The number of carbonyl (C=O) groups excluding carboxylic acids is 1. The van der Waals surface area contributed by atoms with E-state index in [1.807, 2.05) is 0 Å². The van der Waals surface area contributed by atoms with E-state index in [4.69, 9.17) is 23.2 Å². The molecular formula is C11H13Cl2FN2O. The molecule has 17 heavy (non-hydrogen) atoms. The van der Waals surface area contributed by atoms with Crippen LogP contribution in [0.5, 0.6) is 0 Å². The Morgan fingerprint density at radius 1 is 1.35 bits per heavy atom. The first-order valence-electron chi connectivity index (χ1n) is 5.00. The van der Waals surface area contributed by atoms with Crippen LogP contribution in [0.4, 0.5) is 10.1 Å². The monoisotopic (exact) mass is 278 g/mol. The molecule has 1 rings (SSSR count). The molecule has 0 bridgehead atoms. The maximum atomic E-state index is 12.9. The van der Waals surface area contributed by atoms with Crippen molar-refractivity contribution >= 4 is 34.8 Å². The molecular weight excluding hydrogens is 266 g/mol. The molecule has 0 aliphatic rings. The number of hydrogen-bond donors (Lipinski definition) is 1. The van der Waals surface area contributed by atoms with E-state index in [2.05, 4.69) is 5.32 Å². The Morgan fingerprint density at radius 2 is 1.88 bits per heavy atom. The molecule has 0 spiro atoms. The highest BCUT2D eigenvalue weighted by atomic mass is 35.5. The molecule has 1 N–H and O–H groups in total. The maximum absolute atomic E-state index is 12.9. The topological polar surface area (TPSA) is 32.3 Å². The van der Waals surface area contributed by atoms with Crippen molar-refractivity contribution in [2.45, 2.75) is 6.42 Å². The van der Waals surface area contributed by atoms with Gasteiger partial charge in [-0.3, -0.25) is 4.79 Å². The molecule has 0 unspecified atom stereocenters. The summed E-state index contributed by atoms with van der Waals surface area (Å²) in [6.45, 7) is 0.391. The fourth-order valence-corrected chi connectivity index (χ4v) is 1.82. The Kier molecular flexibility index (Phi) is 5.02. The Labute approximate surface area is 109 Å². The van der Waals surface area contributed by atoms with Crippen LogP contribution in [0, 0.1) is 5.82 Å². The van der Waals surface area contributed by atoms with Crippen LogP contribution in [-0.2, 0) is 4.79 Å². The summed E-state index contributed by atoms with van der Waals surface area (Å²) in [4.78, 5) is 12.8. The lowest BCUT2D eigenvalue weighted by atomic mass is 10.3. The summed E-state index contributed by atoms with van der Waals surface area (Å²) < 4.78 is 12.9. The van der Waals surface area contributed by atoms with Gasteiger partial charge in [-0.15, -0.1) is 0 Å². The van der Waals surface area contributed by atoms with Crippen molar-refractivity contribution in [2.75, 3.05) is 26.0 Å². The van der Waals surface area contributed by atoms with Gasteiger partial charge in [0.25, 0.3) is 0 Å². The van der Waals surface area contributed by atoms with Crippen LogP contribution in [0.25, 0.3) is 0 Å². The van der Waals surface area contributed by atoms with Crippen LogP contribution >= 0.6 is 23.2 Å². The summed E-state index contributed by atoms with van der Waals surface area (Å²) in [6.07, 6.45) is 0.317. The van der Waals surface area contributed by atoms with Crippen LogP contribution in [0.2, 0.25) is 10.0 Å². The highest BCUT2D eigenvalue weighted by molar-refractivity contribution is 6.39. The van der Waals surface area contributed by atoms with Gasteiger partial charge in [-0.05, 0) is 12.1 Å². The summed E-state index contributed by atoms with van der Waals surface area (Å²) in [7, 11) is 3.36. The van der Waals surface area contributed by atoms with Gasteiger partial charge in [0.1, 0.15) is 5.82 Å². The van der Waals surface area contributed by atoms with E-state index in [0.29, 0.717) is 18.7 Å². The third-order valence-electron chi connectivity index (χ3n) is 2.15. The first-order valence-corrected chi connectivity index (χ1v) is 5.76. The minimum atomic E-state index is -0.491. The third-order valence-corrected chi connectivity index (χ3v) is 2.74. The van der Waals surface area contributed by atoms with Crippen molar-refractivity contribution in [3.63, 3.8) is 0 Å². The zero-order chi connectivity index (χ0) is 13.0. The van der Waals surface area contributed by atoms with Crippen molar-refractivity contribution in [1.82, 2.24) is 4.90 Å². The predicted octanol–water partition coefficient (Wildman–Crippen LogP) is 3.02. The number of hydrogen-bond acceptors (Lipinski definition) is 2. The van der Waals surface area contributed by atoms with Crippen LogP contribution in [-0.4, -0.2) is 31.4 Å². The van der Waals surface area contributed by atoms with Crippen molar-refractivity contribution in [3.05, 3.63) is 28.0 Å². The van der Waals surface area contributed by atoms with Crippen molar-refractivity contribution in [1.29, 1.82) is 0 Å². The normalized spacial score (nSPS) is 10.2. The second kappa shape index (κ2) is 6.07. The number of nitrogens with one attached hydrogen (secondary N) is 1. The Balaban J connectivity index is 2.61. The Morgan fingerprint density at radius 3 is 2.35 bits per heavy atom. The molecule has 0 heterocycles. The summed E-state index contributed by atoms with van der Waals surface area (Å²) in [5, 5.41) is 3.32. The highest BCUT2D eigenvalue weighted by Gasteiger charge is 2.09. The smallest absolute Gasteiger partial charge is 0.223 e. The van der Waals surface area contributed by atoms with Crippen LogP contribution in [0.1, 0.15) is 6.42 Å². The largest absolute Gasteiger partial charge is 0.382 e. The van der Waals surface area contributed by atoms with Crippen molar-refractivity contribution < 1.29 is 9.18 Å². The first-order chi connectivity index (χ1) is 7.91. The molecule has 3 nitrogen and oxygen atoms in total. The van der Waals surface area contributed by atoms with Gasteiger partial charge < -0.3 is 10.2 Å². The maximum Gasteiger partial charge on any atom is 0.223 e. The van der Waals surface area contributed by atoms with Gasteiger partial charge in [0.15, 0.2) is 0 Å². The van der Waals surface area contributed by atoms with Gasteiger partial charge in [-0.1, -0.05) is 23.2 Å². The molecule has 1 aromatic carbocycles.